The van der Waals surface area contributed by atoms with Crippen LogP contribution in [0.1, 0.15) is 41.3 Å². The second-order valence-electron chi connectivity index (χ2n) is 8.83. The Hall–Kier alpha value is -3.20. The Bertz CT molecular complexity index is 1160. The highest BCUT2D eigenvalue weighted by molar-refractivity contribution is 6.04. The number of benzene rings is 1. The first-order chi connectivity index (χ1) is 16.1. The Morgan fingerprint density at radius 1 is 1.00 bits per heavy atom. The van der Waals surface area contributed by atoms with Crippen LogP contribution >= 0.6 is 0 Å². The molecule has 4 heterocycles. The summed E-state index contributed by atoms with van der Waals surface area (Å²) in [7, 11) is 1.37. The zero-order valence-electron chi connectivity index (χ0n) is 19.1. The van der Waals surface area contributed by atoms with Gasteiger partial charge in [0.25, 0.3) is 0 Å². The minimum Gasteiger partial charge on any atom is -0.465 e. The summed E-state index contributed by atoms with van der Waals surface area (Å²) in [5, 5.41) is 9.65. The van der Waals surface area contributed by atoms with Gasteiger partial charge < -0.3 is 18.8 Å². The Morgan fingerprint density at radius 3 is 2.64 bits per heavy atom. The van der Waals surface area contributed by atoms with Gasteiger partial charge in [0, 0.05) is 56.2 Å². The lowest BCUT2D eigenvalue weighted by Gasteiger charge is -2.34. The van der Waals surface area contributed by atoms with Crippen LogP contribution in [0.25, 0.3) is 10.9 Å². The zero-order chi connectivity index (χ0) is 22.8. The number of para-hydroxylation sites is 1. The van der Waals surface area contributed by atoms with Crippen LogP contribution in [0.2, 0.25) is 0 Å². The highest BCUT2D eigenvalue weighted by Crippen LogP contribution is 2.22. The molecule has 5 rings (SSSR count). The molecule has 1 fully saturated rings. The quantitative estimate of drug-likeness (QED) is 0.554. The number of rotatable bonds is 5. The van der Waals surface area contributed by atoms with Crippen molar-refractivity contribution >= 4 is 22.8 Å². The summed E-state index contributed by atoms with van der Waals surface area (Å²) < 4.78 is 9.05. The second-order valence-corrected chi connectivity index (χ2v) is 8.83. The predicted molar refractivity (Wildman–Crippen MR) is 123 cm³/mol. The van der Waals surface area contributed by atoms with Gasteiger partial charge in [0.1, 0.15) is 18.2 Å². The number of aryl methyl sites for hydroxylation is 1. The second kappa shape index (κ2) is 9.35. The van der Waals surface area contributed by atoms with E-state index >= 15 is 0 Å². The summed E-state index contributed by atoms with van der Waals surface area (Å²) in [5.74, 6) is 1.82. The van der Waals surface area contributed by atoms with Gasteiger partial charge in [-0.2, -0.15) is 0 Å². The molecule has 3 aromatic rings. The van der Waals surface area contributed by atoms with Gasteiger partial charge in [0.15, 0.2) is 0 Å². The molecule has 1 aromatic carbocycles. The molecule has 2 aliphatic rings. The van der Waals surface area contributed by atoms with Crippen molar-refractivity contribution in [3.63, 3.8) is 0 Å². The normalized spacial score (nSPS) is 17.1. The molecule has 0 saturated carbocycles. The van der Waals surface area contributed by atoms with Crippen LogP contribution in [0.5, 0.6) is 0 Å². The summed E-state index contributed by atoms with van der Waals surface area (Å²) in [4.78, 5) is 29.5. The minimum atomic E-state index is -0.391. The van der Waals surface area contributed by atoms with E-state index in [2.05, 4.69) is 19.7 Å². The molecule has 33 heavy (non-hydrogen) atoms. The summed E-state index contributed by atoms with van der Waals surface area (Å²) in [6.45, 7) is 4.98. The van der Waals surface area contributed by atoms with E-state index in [-0.39, 0.29) is 12.5 Å². The minimum absolute atomic E-state index is 0.0585. The van der Waals surface area contributed by atoms with Crippen LogP contribution in [0, 0.1) is 0 Å². The zero-order valence-corrected chi connectivity index (χ0v) is 19.1. The third kappa shape index (κ3) is 4.37. The van der Waals surface area contributed by atoms with Crippen molar-refractivity contribution in [3.05, 3.63) is 47.7 Å². The lowest BCUT2D eigenvalue weighted by Crippen LogP contribution is -2.49. The van der Waals surface area contributed by atoms with Gasteiger partial charge in [-0.1, -0.05) is 24.6 Å². The Morgan fingerprint density at radius 2 is 1.82 bits per heavy atom. The van der Waals surface area contributed by atoms with Crippen molar-refractivity contribution in [1.82, 2.24) is 29.1 Å². The fraction of sp³-hybridized carbons (Fsp3) is 0.500. The fourth-order valence-corrected chi connectivity index (χ4v) is 4.91. The van der Waals surface area contributed by atoms with E-state index in [1.165, 1.54) is 26.4 Å². The average Bonchev–Trinajstić information content (AvgIpc) is 3.30. The highest BCUT2D eigenvalue weighted by Gasteiger charge is 2.25. The van der Waals surface area contributed by atoms with Crippen molar-refractivity contribution < 1.29 is 14.3 Å². The van der Waals surface area contributed by atoms with E-state index in [0.29, 0.717) is 18.7 Å². The maximum absolute atomic E-state index is 13.1. The molecule has 1 amide bonds. The van der Waals surface area contributed by atoms with Crippen molar-refractivity contribution in [2.24, 2.45) is 0 Å². The number of fused-ring (bicyclic) bond motifs is 2. The lowest BCUT2D eigenvalue weighted by molar-refractivity contribution is -0.133. The Kier molecular flexibility index (Phi) is 6.13. The molecule has 0 spiro atoms. The molecule has 1 saturated heterocycles. The topological polar surface area (TPSA) is 85.5 Å². The molecule has 9 nitrogen and oxygen atoms in total. The molecule has 0 aliphatic carbocycles. The van der Waals surface area contributed by atoms with Crippen molar-refractivity contribution in [2.45, 2.75) is 45.3 Å². The number of esters is 1. The third-order valence-electron chi connectivity index (χ3n) is 6.78. The van der Waals surface area contributed by atoms with E-state index in [1.54, 1.807) is 6.20 Å². The molecule has 9 heteroatoms. The van der Waals surface area contributed by atoms with E-state index in [1.807, 2.05) is 33.7 Å². The summed E-state index contributed by atoms with van der Waals surface area (Å²) in [5.41, 5.74) is 1.34. The number of methoxy groups -OCH3 is 1. The van der Waals surface area contributed by atoms with E-state index in [0.717, 1.165) is 55.2 Å². The summed E-state index contributed by atoms with van der Waals surface area (Å²) >= 11 is 0. The largest absolute Gasteiger partial charge is 0.465 e. The van der Waals surface area contributed by atoms with Gasteiger partial charge in [-0.3, -0.25) is 9.69 Å². The van der Waals surface area contributed by atoms with Crippen LogP contribution in [-0.2, 0) is 35.6 Å². The highest BCUT2D eigenvalue weighted by atomic mass is 16.5. The summed E-state index contributed by atoms with van der Waals surface area (Å²) in [6, 6.07) is 7.60. The smallest absolute Gasteiger partial charge is 0.340 e. The molecule has 2 aliphatic heterocycles. The number of nitrogens with zero attached hydrogens (tertiary/aromatic N) is 6. The molecule has 0 N–H and O–H groups in total. The van der Waals surface area contributed by atoms with Gasteiger partial charge in [-0.15, -0.1) is 10.2 Å². The van der Waals surface area contributed by atoms with Crippen LogP contribution in [0.4, 0.5) is 0 Å². The first-order valence-corrected chi connectivity index (χ1v) is 11.7. The molecule has 0 atom stereocenters. The molecule has 0 radical (unpaired) electrons. The van der Waals surface area contributed by atoms with Gasteiger partial charge in [0.2, 0.25) is 5.91 Å². The third-order valence-corrected chi connectivity index (χ3v) is 6.78. The van der Waals surface area contributed by atoms with Crippen molar-refractivity contribution in [3.8, 4) is 0 Å². The number of hydrogen-bond acceptors (Lipinski definition) is 6. The number of piperazine rings is 1. The first-order valence-electron chi connectivity index (χ1n) is 11.7. The SMILES string of the molecule is COC(=O)c1cn(CC(=O)N2CCN(Cc3nnc4n3CCCCC4)CC2)c2ccccc12. The maximum atomic E-state index is 13.1. The number of amides is 1. The van der Waals surface area contributed by atoms with E-state index < -0.39 is 5.97 Å². The van der Waals surface area contributed by atoms with Crippen LogP contribution in [0.3, 0.4) is 0 Å². The molecule has 0 unspecified atom stereocenters. The summed E-state index contributed by atoms with van der Waals surface area (Å²) in [6.07, 6.45) is 6.37. The van der Waals surface area contributed by atoms with Crippen LogP contribution < -0.4 is 0 Å². The first kappa shape index (κ1) is 21.6. The van der Waals surface area contributed by atoms with E-state index in [9.17, 15) is 9.59 Å². The standard InChI is InChI=1S/C24H30N6O3/c1-33-24(32)19-15-29(20-8-5-4-7-18(19)20)17-23(31)28-13-11-27(12-14-28)16-22-26-25-21-9-3-2-6-10-30(21)22/h4-5,7-8,15H,2-3,6,9-14,16-17H2,1H3. The lowest BCUT2D eigenvalue weighted by atomic mass is 10.2. The molecular formula is C24H30N6O3. The molecule has 0 bridgehead atoms. The molecular weight excluding hydrogens is 420 g/mol. The van der Waals surface area contributed by atoms with Gasteiger partial charge in [-0.25, -0.2) is 4.79 Å². The van der Waals surface area contributed by atoms with Crippen LogP contribution in [-0.4, -0.2) is 74.3 Å². The predicted octanol–water partition coefficient (Wildman–Crippen LogP) is 2.09. The van der Waals surface area contributed by atoms with Crippen molar-refractivity contribution in [1.29, 1.82) is 0 Å². The number of carbonyl (C=O) groups is 2. The number of hydrogen-bond donors (Lipinski definition) is 0. The van der Waals surface area contributed by atoms with Crippen LogP contribution in [0.15, 0.2) is 30.5 Å². The number of ether oxygens (including phenoxy) is 1. The monoisotopic (exact) mass is 450 g/mol. The van der Waals surface area contributed by atoms with Crippen molar-refractivity contribution in [2.75, 3.05) is 33.3 Å². The van der Waals surface area contributed by atoms with Gasteiger partial charge in [-0.05, 0) is 18.9 Å². The van der Waals surface area contributed by atoms with Gasteiger partial charge >= 0.3 is 5.97 Å². The maximum Gasteiger partial charge on any atom is 0.340 e. The Labute approximate surface area is 192 Å². The number of aromatic nitrogens is 4. The average molecular weight is 451 g/mol. The molecule has 174 valence electrons. The number of carbonyl (C=O) groups excluding carboxylic acids is 2. The molecule has 2 aromatic heterocycles. The van der Waals surface area contributed by atoms with Gasteiger partial charge in [0.05, 0.1) is 19.2 Å². The Balaban J connectivity index is 1.21. The fourth-order valence-electron chi connectivity index (χ4n) is 4.91. The van der Waals surface area contributed by atoms with E-state index in [4.69, 9.17) is 4.74 Å².